The fourth-order valence-electron chi connectivity index (χ4n) is 2.78. The summed E-state index contributed by atoms with van der Waals surface area (Å²) in [4.78, 5) is 21.8. The molecule has 0 saturated carbocycles. The van der Waals surface area contributed by atoms with E-state index in [4.69, 9.17) is 0 Å². The minimum Gasteiger partial charge on any atom is -0.850 e. The Labute approximate surface area is 183 Å². The van der Waals surface area contributed by atoms with Crippen LogP contribution in [-0.2, 0) is 42.6 Å². The van der Waals surface area contributed by atoms with Crippen molar-refractivity contribution in [3.63, 3.8) is 0 Å². The van der Waals surface area contributed by atoms with Crippen molar-refractivity contribution in [1.29, 1.82) is 0 Å². The summed E-state index contributed by atoms with van der Waals surface area (Å²) in [5, 5.41) is 0. The molecule has 0 radical (unpaired) electrons. The summed E-state index contributed by atoms with van der Waals surface area (Å²) in [5.41, 5.74) is -3.72. The van der Waals surface area contributed by atoms with Crippen molar-refractivity contribution in [2.45, 2.75) is 126 Å². The van der Waals surface area contributed by atoms with Gasteiger partial charge in [0.2, 0.25) is 0 Å². The van der Waals surface area contributed by atoms with Gasteiger partial charge in [-0.15, -0.1) is 0 Å². The Balaban J connectivity index is 0. The van der Waals surface area contributed by atoms with Crippen molar-refractivity contribution in [1.82, 2.24) is 0 Å². The van der Waals surface area contributed by atoms with Gasteiger partial charge in [0.25, 0.3) is 0 Å². The van der Waals surface area contributed by atoms with E-state index in [9.17, 15) is 9.79 Å². The zero-order chi connectivity index (χ0) is 19.9. The van der Waals surface area contributed by atoms with Gasteiger partial charge in [0.15, 0.2) is 0 Å². The molecule has 157 valence electrons. The van der Waals surface area contributed by atoms with Crippen LogP contribution in [0.3, 0.4) is 0 Å². The summed E-state index contributed by atoms with van der Waals surface area (Å²) in [6.45, 7) is 4.60. The summed E-state index contributed by atoms with van der Waals surface area (Å²) >= 11 is 7.67. The number of hydrogen-bond donors (Lipinski definition) is 0. The van der Waals surface area contributed by atoms with E-state index >= 15 is 0 Å². The van der Waals surface area contributed by atoms with Crippen molar-refractivity contribution in [2.75, 3.05) is 0 Å². The molecular formula is C20H42MoO2PS2. The monoisotopic (exact) mass is 507 g/mol. The van der Waals surface area contributed by atoms with E-state index in [1.807, 2.05) is 0 Å². The molecule has 0 amide bonds. The molecule has 0 N–H and O–H groups in total. The molecule has 0 unspecified atom stereocenters. The Kier molecular flexibility index (Phi) is 28.3. The van der Waals surface area contributed by atoms with E-state index in [1.165, 1.54) is 89.9 Å². The van der Waals surface area contributed by atoms with E-state index in [0.29, 0.717) is 18.6 Å². The summed E-state index contributed by atoms with van der Waals surface area (Å²) in [6, 6.07) is 0. The second kappa shape index (κ2) is 24.6. The van der Waals surface area contributed by atoms with Crippen molar-refractivity contribution in [3.8, 4) is 0 Å². The van der Waals surface area contributed by atoms with Crippen molar-refractivity contribution < 1.29 is 28.3 Å². The minimum atomic E-state index is -3.72. The average Bonchev–Trinajstić information content (AvgIpc) is 2.56. The second-order valence-corrected chi connectivity index (χ2v) is 14.5. The van der Waals surface area contributed by atoms with Gasteiger partial charge >= 0.3 is 145 Å². The Morgan fingerprint density at radius 3 is 1.12 bits per heavy atom. The third-order valence-corrected chi connectivity index (χ3v) is 7.12. The molecule has 0 aliphatic heterocycles. The maximum Gasteiger partial charge on any atom is -0.160 e. The molecule has 0 saturated heterocycles. The Bertz CT molecular complexity index is 275. The quantitative estimate of drug-likeness (QED) is 0.0904. The smallest absolute Gasteiger partial charge is 0.160 e. The van der Waals surface area contributed by atoms with Gasteiger partial charge in [0.1, 0.15) is 0 Å². The van der Waals surface area contributed by atoms with Gasteiger partial charge in [-0.05, 0) is 0 Å². The van der Waals surface area contributed by atoms with Crippen LogP contribution in [0.5, 0.6) is 0 Å². The molecule has 0 spiro atoms. The molecule has 0 atom stereocenters. The first-order chi connectivity index (χ1) is 12.4. The first kappa shape index (κ1) is 29.8. The van der Waals surface area contributed by atoms with Crippen molar-refractivity contribution in [2.24, 2.45) is 0 Å². The van der Waals surface area contributed by atoms with Crippen molar-refractivity contribution >= 4 is 29.7 Å². The summed E-state index contributed by atoms with van der Waals surface area (Å²) < 4.78 is 0. The predicted octanol–water partition coefficient (Wildman–Crippen LogP) is 6.67. The molecule has 0 heterocycles. The topological polar surface area (TPSA) is 46.1 Å². The van der Waals surface area contributed by atoms with Gasteiger partial charge < -0.3 is 27.7 Å². The molecule has 26 heavy (non-hydrogen) atoms. The largest absolute Gasteiger partial charge is 0.850 e. The summed E-state index contributed by atoms with van der Waals surface area (Å²) in [6.07, 6.45) is 23.7. The van der Waals surface area contributed by atoms with Gasteiger partial charge in [0, 0.05) is 0 Å². The third-order valence-electron chi connectivity index (χ3n) is 4.28. The number of rotatable bonds is 18. The Hall–Kier alpha value is 1.61. The zero-order valence-electron chi connectivity index (χ0n) is 17.2. The maximum atomic E-state index is 9.29. The molecule has 6 heteroatoms. The fraction of sp³-hybridized carbons (Fsp3) is 1.00. The molecule has 0 fully saturated rings. The molecule has 0 aromatic carbocycles. The molecule has 0 aromatic rings. The first-order valence-corrected chi connectivity index (χ1v) is 17.2. The van der Waals surface area contributed by atoms with E-state index in [1.54, 1.807) is 22.5 Å². The SMILES string of the molecule is CCCCCCCCC[CH2][Mo+3][CH2]CCCCCCCCC.[O-]P([O-])(=S)[S-]. The van der Waals surface area contributed by atoms with Crippen molar-refractivity contribution in [3.05, 3.63) is 0 Å². The van der Waals surface area contributed by atoms with E-state index in [-0.39, 0.29) is 0 Å². The van der Waals surface area contributed by atoms with Crippen LogP contribution >= 0.6 is 5.69 Å². The van der Waals surface area contributed by atoms with Crippen LogP contribution in [0.2, 0.25) is 9.62 Å². The number of unbranched alkanes of at least 4 members (excludes halogenated alkanes) is 14. The normalized spacial score (nSPS) is 11.0. The first-order valence-electron chi connectivity index (χ1n) is 10.7. The van der Waals surface area contributed by atoms with Gasteiger partial charge in [-0.1, -0.05) is 0 Å². The molecule has 2 nitrogen and oxygen atoms in total. The Morgan fingerprint density at radius 2 is 0.846 bits per heavy atom. The molecule has 0 aliphatic rings. The maximum absolute atomic E-state index is 9.29. The minimum absolute atomic E-state index is 0.391. The van der Waals surface area contributed by atoms with Crippen LogP contribution in [0.1, 0.15) is 117 Å². The number of hydrogen-bond acceptors (Lipinski definition) is 4. The second-order valence-electron chi connectivity index (χ2n) is 7.01. The van der Waals surface area contributed by atoms with Crippen LogP contribution in [0.25, 0.3) is 0 Å². The molecular weight excluding hydrogens is 463 g/mol. The van der Waals surface area contributed by atoms with E-state index in [2.05, 4.69) is 37.9 Å². The van der Waals surface area contributed by atoms with Crippen LogP contribution in [0, 0.1) is 0 Å². The van der Waals surface area contributed by atoms with E-state index < -0.39 is 5.69 Å². The average molecular weight is 506 g/mol. The van der Waals surface area contributed by atoms with Gasteiger partial charge in [-0.3, -0.25) is 0 Å². The predicted molar refractivity (Wildman–Crippen MR) is 116 cm³/mol. The van der Waals surface area contributed by atoms with Crippen LogP contribution in [0.15, 0.2) is 0 Å². The molecule has 0 bridgehead atoms. The van der Waals surface area contributed by atoms with Gasteiger partial charge in [0.05, 0.1) is 0 Å². The van der Waals surface area contributed by atoms with Gasteiger partial charge in [-0.25, -0.2) is 0 Å². The van der Waals surface area contributed by atoms with Crippen LogP contribution in [-0.4, -0.2) is 0 Å². The zero-order valence-corrected chi connectivity index (χ0v) is 21.8. The molecule has 0 rings (SSSR count). The Morgan fingerprint density at radius 1 is 0.615 bits per heavy atom. The third kappa shape index (κ3) is 40.3. The van der Waals surface area contributed by atoms with Crippen LogP contribution in [0.4, 0.5) is 0 Å². The van der Waals surface area contributed by atoms with E-state index in [0.717, 1.165) is 0 Å². The summed E-state index contributed by atoms with van der Waals surface area (Å²) in [5.74, 6) is 0. The molecule has 0 aromatic heterocycles. The molecule has 0 aliphatic carbocycles. The van der Waals surface area contributed by atoms with Crippen LogP contribution < -0.4 is 9.79 Å². The standard InChI is InChI=1S/2C10H21.Mo.H3O2PS2/c2*1-3-5-7-9-10-8-6-4-2;;1-3(2,4)5/h2*1,3-10H2,2H3;;(H3,1,2,4,5)/q;;+3;/p-3. The van der Waals surface area contributed by atoms with Gasteiger partial charge in [-0.2, -0.15) is 11.8 Å². The summed E-state index contributed by atoms with van der Waals surface area (Å²) in [7, 11) is 0. The fourth-order valence-corrected chi connectivity index (χ4v) is 5.29.